The molecule has 3 aromatic rings. The first-order valence-electron chi connectivity index (χ1n) is 12.9. The summed E-state index contributed by atoms with van der Waals surface area (Å²) in [6, 6.07) is 12.7. The molecule has 1 saturated heterocycles. The number of cyclic esters (lactones) is 1. The molecule has 196 valence electrons. The van der Waals surface area contributed by atoms with Crippen LogP contribution in [0.25, 0.3) is 22.3 Å². The van der Waals surface area contributed by atoms with E-state index in [-0.39, 0.29) is 17.5 Å². The van der Waals surface area contributed by atoms with Gasteiger partial charge in [-0.2, -0.15) is 11.3 Å². The van der Waals surface area contributed by atoms with Crippen molar-refractivity contribution in [2.24, 2.45) is 5.73 Å². The average Bonchev–Trinajstić information content (AvgIpc) is 3.56. The van der Waals surface area contributed by atoms with Crippen molar-refractivity contribution >= 4 is 29.2 Å². The van der Waals surface area contributed by atoms with Gasteiger partial charge >= 0.3 is 6.09 Å². The number of thiophene rings is 1. The van der Waals surface area contributed by atoms with E-state index in [0.717, 1.165) is 34.4 Å². The van der Waals surface area contributed by atoms with Crippen LogP contribution in [-0.2, 0) is 15.1 Å². The summed E-state index contributed by atoms with van der Waals surface area (Å²) < 4.78 is 4.91. The van der Waals surface area contributed by atoms with Crippen LogP contribution in [0.1, 0.15) is 58.4 Å². The monoisotopic (exact) mass is 520 g/mol. The third-order valence-electron chi connectivity index (χ3n) is 6.79. The van der Waals surface area contributed by atoms with E-state index in [4.69, 9.17) is 10.5 Å². The molecule has 1 saturated carbocycles. The summed E-state index contributed by atoms with van der Waals surface area (Å²) in [5, 5.41) is 6.88. The summed E-state index contributed by atoms with van der Waals surface area (Å²) in [6.07, 6.45) is 7.94. The maximum Gasteiger partial charge on any atom is 0.410 e. The summed E-state index contributed by atoms with van der Waals surface area (Å²) in [5.74, 6) is 0.420. The van der Waals surface area contributed by atoms with Crippen LogP contribution >= 0.6 is 11.3 Å². The number of amides is 2. The van der Waals surface area contributed by atoms with Gasteiger partial charge in [0.05, 0.1) is 6.54 Å². The number of aromatic nitrogens is 1. The zero-order valence-corrected chi connectivity index (χ0v) is 22.6. The zero-order chi connectivity index (χ0) is 26.4. The van der Waals surface area contributed by atoms with Crippen LogP contribution in [0.2, 0.25) is 0 Å². The average molecular weight is 521 g/mol. The number of hydrogen-bond donors (Lipinski definition) is 2. The Morgan fingerprint density at radius 1 is 1.11 bits per heavy atom. The Kier molecular flexibility index (Phi) is 8.61. The third kappa shape index (κ3) is 6.96. The fraction of sp³-hybridized carbons (Fsp3) is 0.414. The lowest BCUT2D eigenvalue weighted by atomic mass is 9.92. The summed E-state index contributed by atoms with van der Waals surface area (Å²) in [5.41, 5.74) is 11.1. The Labute approximate surface area is 223 Å². The minimum absolute atomic E-state index is 0.0955. The van der Waals surface area contributed by atoms with E-state index in [0.29, 0.717) is 18.5 Å². The summed E-state index contributed by atoms with van der Waals surface area (Å²) in [4.78, 5) is 28.8. The molecular formula is C29H36N4O3S. The van der Waals surface area contributed by atoms with Gasteiger partial charge < -0.3 is 20.7 Å². The molecule has 1 aromatic carbocycles. The van der Waals surface area contributed by atoms with Gasteiger partial charge in [-0.3, -0.25) is 4.79 Å². The summed E-state index contributed by atoms with van der Waals surface area (Å²) in [7, 11) is 0. The molecule has 7 nitrogen and oxygen atoms in total. The van der Waals surface area contributed by atoms with Crippen LogP contribution in [0, 0.1) is 0 Å². The maximum atomic E-state index is 11.3. The number of pyridine rings is 1. The molecule has 0 radical (unpaired) electrons. The van der Waals surface area contributed by atoms with Crippen molar-refractivity contribution in [1.29, 1.82) is 0 Å². The van der Waals surface area contributed by atoms with Gasteiger partial charge in [0.1, 0.15) is 12.4 Å². The van der Waals surface area contributed by atoms with E-state index < -0.39 is 0 Å². The van der Waals surface area contributed by atoms with Crippen molar-refractivity contribution in [1.82, 2.24) is 9.88 Å². The normalized spacial score (nSPS) is 16.1. The summed E-state index contributed by atoms with van der Waals surface area (Å²) >= 11 is 1.64. The molecular weight excluding hydrogens is 484 g/mol. The van der Waals surface area contributed by atoms with Crippen LogP contribution in [0.4, 0.5) is 10.6 Å². The fourth-order valence-electron chi connectivity index (χ4n) is 4.80. The SMILES string of the molecule is CC(=O)Nc1cc(-c2ccsc2)c(-c2ccc(C(C)(C)N)cc2)cn1.O=C1OCCN1C1CCCCC1. The lowest BCUT2D eigenvalue weighted by molar-refractivity contribution is -0.114. The van der Waals surface area contributed by atoms with Crippen molar-refractivity contribution in [3.63, 3.8) is 0 Å². The molecule has 0 bridgehead atoms. The number of carbonyl (C=O) groups is 2. The highest BCUT2D eigenvalue weighted by atomic mass is 32.1. The second kappa shape index (κ2) is 11.9. The molecule has 2 aliphatic rings. The van der Waals surface area contributed by atoms with E-state index in [1.807, 2.05) is 30.2 Å². The third-order valence-corrected chi connectivity index (χ3v) is 7.47. The van der Waals surface area contributed by atoms with E-state index >= 15 is 0 Å². The standard InChI is InChI=1S/C20H21N3OS.C9H15NO2/c1-13(24)23-19-10-17(15-8-9-25-12-15)18(11-22-19)14-4-6-16(7-5-14)20(2,3)21;11-9-10(6-7-12-9)8-4-2-1-3-5-8/h4-12H,21H2,1-3H3,(H,22,23,24);8H,1-7H2. The van der Waals surface area contributed by atoms with Crippen molar-refractivity contribution < 1.29 is 14.3 Å². The highest BCUT2D eigenvalue weighted by molar-refractivity contribution is 7.08. The topological polar surface area (TPSA) is 97.6 Å². The Balaban J connectivity index is 0.000000222. The number of rotatable bonds is 5. The minimum atomic E-state index is -0.373. The predicted molar refractivity (Wildman–Crippen MR) is 149 cm³/mol. The highest BCUT2D eigenvalue weighted by Gasteiger charge is 2.30. The molecule has 0 atom stereocenters. The molecule has 3 heterocycles. The molecule has 37 heavy (non-hydrogen) atoms. The molecule has 1 aliphatic carbocycles. The largest absolute Gasteiger partial charge is 0.448 e. The van der Waals surface area contributed by atoms with E-state index in [9.17, 15) is 9.59 Å². The smallest absolute Gasteiger partial charge is 0.410 e. The Morgan fingerprint density at radius 3 is 2.41 bits per heavy atom. The number of ether oxygens (including phenoxy) is 1. The second-order valence-electron chi connectivity index (χ2n) is 10.2. The highest BCUT2D eigenvalue weighted by Crippen LogP contribution is 2.35. The number of nitrogens with two attached hydrogens (primary N) is 1. The molecule has 0 unspecified atom stereocenters. The van der Waals surface area contributed by atoms with Gasteiger partial charge in [-0.25, -0.2) is 9.78 Å². The van der Waals surface area contributed by atoms with Crippen LogP contribution in [0.15, 0.2) is 53.4 Å². The molecule has 2 fully saturated rings. The van der Waals surface area contributed by atoms with Crippen molar-refractivity contribution in [2.75, 3.05) is 18.5 Å². The predicted octanol–water partition coefficient (Wildman–Crippen LogP) is 6.40. The molecule has 1 aliphatic heterocycles. The van der Waals surface area contributed by atoms with Gasteiger partial charge in [0.2, 0.25) is 5.91 Å². The first-order chi connectivity index (χ1) is 17.7. The van der Waals surface area contributed by atoms with Gasteiger partial charge in [-0.1, -0.05) is 43.5 Å². The molecule has 3 N–H and O–H groups in total. The lowest BCUT2D eigenvalue weighted by Crippen LogP contribution is -2.37. The number of nitrogens with zero attached hydrogens (tertiary/aromatic N) is 2. The van der Waals surface area contributed by atoms with Gasteiger partial charge in [0, 0.05) is 30.3 Å². The molecule has 5 rings (SSSR count). The van der Waals surface area contributed by atoms with Crippen LogP contribution < -0.4 is 11.1 Å². The van der Waals surface area contributed by atoms with Crippen LogP contribution in [0.3, 0.4) is 0 Å². The lowest BCUT2D eigenvalue weighted by Gasteiger charge is -2.28. The molecule has 2 amide bonds. The van der Waals surface area contributed by atoms with Gasteiger partial charge in [-0.05, 0) is 71.8 Å². The van der Waals surface area contributed by atoms with Gasteiger partial charge in [-0.15, -0.1) is 0 Å². The number of benzene rings is 1. The Morgan fingerprint density at radius 2 is 1.84 bits per heavy atom. The molecule has 2 aromatic heterocycles. The quantitative estimate of drug-likeness (QED) is 0.406. The fourth-order valence-corrected chi connectivity index (χ4v) is 5.46. The van der Waals surface area contributed by atoms with Gasteiger partial charge in [0.15, 0.2) is 0 Å². The van der Waals surface area contributed by atoms with Crippen molar-refractivity contribution in [2.45, 2.75) is 64.5 Å². The first-order valence-corrected chi connectivity index (χ1v) is 13.8. The van der Waals surface area contributed by atoms with Crippen LogP contribution in [-0.4, -0.2) is 41.1 Å². The number of carbonyl (C=O) groups excluding carboxylic acids is 2. The van der Waals surface area contributed by atoms with Crippen LogP contribution in [0.5, 0.6) is 0 Å². The zero-order valence-electron chi connectivity index (χ0n) is 21.8. The summed E-state index contributed by atoms with van der Waals surface area (Å²) in [6.45, 7) is 6.86. The van der Waals surface area contributed by atoms with Crippen molar-refractivity contribution in [3.8, 4) is 22.3 Å². The molecule has 8 heteroatoms. The van der Waals surface area contributed by atoms with E-state index in [2.05, 4.69) is 46.0 Å². The van der Waals surface area contributed by atoms with E-state index in [1.54, 1.807) is 17.5 Å². The van der Waals surface area contributed by atoms with E-state index in [1.165, 1.54) is 39.0 Å². The molecule has 0 spiro atoms. The first kappa shape index (κ1) is 26.8. The maximum absolute atomic E-state index is 11.3. The Bertz CT molecular complexity index is 1200. The minimum Gasteiger partial charge on any atom is -0.448 e. The number of hydrogen-bond acceptors (Lipinski definition) is 6. The number of anilines is 1. The second-order valence-corrected chi connectivity index (χ2v) is 11.0. The van der Waals surface area contributed by atoms with Gasteiger partial charge in [0.25, 0.3) is 0 Å². The van der Waals surface area contributed by atoms with Crippen molar-refractivity contribution in [3.05, 3.63) is 58.9 Å². The Hall–Kier alpha value is -3.23. The number of nitrogens with one attached hydrogen (secondary N) is 1.